The van der Waals surface area contributed by atoms with Crippen molar-refractivity contribution in [2.24, 2.45) is 0 Å². The number of hydrogen-bond acceptors (Lipinski definition) is 6. The van der Waals surface area contributed by atoms with Crippen LogP contribution < -0.4 is 0 Å². The normalized spacial score (nSPS) is 11.7. The van der Waals surface area contributed by atoms with Crippen molar-refractivity contribution in [3.05, 3.63) is 57.0 Å². The molecular weight excluding hydrogens is 494 g/mol. The van der Waals surface area contributed by atoms with Crippen LogP contribution in [-0.2, 0) is 17.6 Å². The van der Waals surface area contributed by atoms with Crippen LogP contribution in [0.3, 0.4) is 0 Å². The number of benzene rings is 1. The molecule has 0 fully saturated rings. The van der Waals surface area contributed by atoms with Gasteiger partial charge in [-0.05, 0) is 95.9 Å². The quantitative estimate of drug-likeness (QED) is 0.127. The number of hydrogen-bond donors (Lipinski definition) is 0. The highest BCUT2D eigenvalue weighted by Crippen LogP contribution is 2.32. The van der Waals surface area contributed by atoms with E-state index in [9.17, 15) is 9.59 Å². The second-order valence-corrected chi connectivity index (χ2v) is 11.6. The van der Waals surface area contributed by atoms with Crippen molar-refractivity contribution in [3.8, 4) is 0 Å². The predicted molar refractivity (Wildman–Crippen MR) is 158 cm³/mol. The van der Waals surface area contributed by atoms with Crippen LogP contribution in [0.15, 0.2) is 34.7 Å². The van der Waals surface area contributed by atoms with Gasteiger partial charge in [-0.15, -0.1) is 11.3 Å². The van der Waals surface area contributed by atoms with E-state index in [1.165, 1.54) is 43.6 Å². The molecule has 0 radical (unpaired) electrons. The van der Waals surface area contributed by atoms with Crippen molar-refractivity contribution < 1.29 is 18.7 Å². The lowest BCUT2D eigenvalue weighted by Gasteiger charge is -2.21. The second kappa shape index (κ2) is 15.2. The Balaban J connectivity index is 1.79. The summed E-state index contributed by atoms with van der Waals surface area (Å²) in [7, 11) is 0. The third-order valence-electron chi connectivity index (χ3n) is 6.76. The summed E-state index contributed by atoms with van der Waals surface area (Å²) < 4.78 is 11.5. The van der Waals surface area contributed by atoms with Crippen molar-refractivity contribution in [1.82, 2.24) is 4.90 Å². The fourth-order valence-corrected chi connectivity index (χ4v) is 5.65. The van der Waals surface area contributed by atoms with Crippen molar-refractivity contribution in [3.63, 3.8) is 0 Å². The van der Waals surface area contributed by atoms with Crippen LogP contribution in [0.5, 0.6) is 0 Å². The first-order valence-corrected chi connectivity index (χ1v) is 15.3. The van der Waals surface area contributed by atoms with Gasteiger partial charge in [0.15, 0.2) is 0 Å². The van der Waals surface area contributed by atoms with Gasteiger partial charge in [-0.25, -0.2) is 4.79 Å². The van der Waals surface area contributed by atoms with Gasteiger partial charge < -0.3 is 14.1 Å². The van der Waals surface area contributed by atoms with Crippen LogP contribution in [0.2, 0.25) is 0 Å². The molecule has 0 unspecified atom stereocenters. The second-order valence-electron chi connectivity index (χ2n) is 10.4. The molecule has 38 heavy (non-hydrogen) atoms. The molecule has 5 nitrogen and oxygen atoms in total. The molecule has 0 saturated carbocycles. The molecule has 6 heteroatoms. The van der Waals surface area contributed by atoms with Gasteiger partial charge in [0.05, 0.1) is 22.1 Å². The topological polar surface area (TPSA) is 59.8 Å². The SMILES string of the molecule is CCCCc1oc2ccc(C(=O)OC(C)C)cc2c1C(=O)c1ccc(CCCN(CCCC)CCCC)s1. The van der Waals surface area contributed by atoms with Gasteiger partial charge in [-0.1, -0.05) is 40.0 Å². The third-order valence-corrected chi connectivity index (χ3v) is 7.91. The average Bonchev–Trinajstić information content (AvgIpc) is 3.52. The first kappa shape index (κ1) is 30.1. The molecule has 0 aliphatic heterocycles. The van der Waals surface area contributed by atoms with Crippen molar-refractivity contribution in [2.75, 3.05) is 19.6 Å². The van der Waals surface area contributed by atoms with Crippen molar-refractivity contribution in [2.45, 2.75) is 98.5 Å². The molecule has 208 valence electrons. The predicted octanol–water partition coefficient (Wildman–Crippen LogP) is 8.47. The Labute approximate surface area is 232 Å². The van der Waals surface area contributed by atoms with E-state index in [4.69, 9.17) is 9.15 Å². The van der Waals surface area contributed by atoms with Crippen molar-refractivity contribution in [1.29, 1.82) is 0 Å². The lowest BCUT2D eigenvalue weighted by Crippen LogP contribution is -2.27. The van der Waals surface area contributed by atoms with Crippen LogP contribution in [0.1, 0.15) is 116 Å². The molecule has 1 aromatic carbocycles. The molecule has 0 spiro atoms. The molecule has 0 aliphatic rings. The van der Waals surface area contributed by atoms with E-state index in [1.54, 1.807) is 29.5 Å². The molecule has 3 rings (SSSR count). The van der Waals surface area contributed by atoms with Gasteiger partial charge in [-0.3, -0.25) is 4.79 Å². The number of carbonyl (C=O) groups excluding carboxylic acids is 2. The fraction of sp³-hybridized carbons (Fsp3) is 0.562. The summed E-state index contributed by atoms with van der Waals surface area (Å²) >= 11 is 1.59. The summed E-state index contributed by atoms with van der Waals surface area (Å²) in [5, 5.41) is 0.691. The zero-order chi connectivity index (χ0) is 27.5. The van der Waals surface area contributed by atoms with E-state index in [-0.39, 0.29) is 17.9 Å². The van der Waals surface area contributed by atoms with Gasteiger partial charge in [0.25, 0.3) is 0 Å². The Morgan fingerprint density at radius 1 is 0.895 bits per heavy atom. The standard InChI is InChI=1S/C32H45NO4S/c1-6-9-14-28-30(26-22-24(15-17-27(26)37-28)32(35)36-23(4)5)31(34)29-18-16-25(38-29)13-12-21-33(19-10-7-2)20-11-8-3/h15-18,22-23H,6-14,19-21H2,1-5H3. The zero-order valence-electron chi connectivity index (χ0n) is 23.9. The minimum atomic E-state index is -0.387. The number of aryl methyl sites for hydroxylation is 2. The number of furan rings is 1. The Morgan fingerprint density at radius 3 is 2.24 bits per heavy atom. The highest BCUT2D eigenvalue weighted by Gasteiger charge is 2.24. The maximum atomic E-state index is 13.8. The van der Waals surface area contributed by atoms with Gasteiger partial charge in [-0.2, -0.15) is 0 Å². The average molecular weight is 540 g/mol. The molecule has 3 aromatic rings. The van der Waals surface area contributed by atoms with Gasteiger partial charge in [0.2, 0.25) is 5.78 Å². The van der Waals surface area contributed by atoms with Crippen LogP contribution in [0.25, 0.3) is 11.0 Å². The van der Waals surface area contributed by atoms with Crippen LogP contribution in [0, 0.1) is 0 Å². The number of esters is 1. The Bertz CT molecular complexity index is 1170. The minimum absolute atomic E-state index is 0.0204. The van der Waals surface area contributed by atoms with Gasteiger partial charge >= 0.3 is 5.97 Å². The smallest absolute Gasteiger partial charge is 0.338 e. The molecule has 0 bridgehead atoms. The van der Waals surface area contributed by atoms with Gasteiger partial charge in [0.1, 0.15) is 11.3 Å². The van der Waals surface area contributed by atoms with Crippen LogP contribution >= 0.6 is 11.3 Å². The monoisotopic (exact) mass is 539 g/mol. The number of fused-ring (bicyclic) bond motifs is 1. The van der Waals surface area contributed by atoms with E-state index < -0.39 is 0 Å². The van der Waals surface area contributed by atoms with Crippen LogP contribution in [0.4, 0.5) is 0 Å². The van der Waals surface area contributed by atoms with Gasteiger partial charge in [0, 0.05) is 16.7 Å². The number of carbonyl (C=O) groups is 2. The molecule has 0 saturated heterocycles. The summed E-state index contributed by atoms with van der Waals surface area (Å²) in [5.41, 5.74) is 1.66. The van der Waals surface area contributed by atoms with E-state index in [2.05, 4.69) is 31.7 Å². The molecule has 0 N–H and O–H groups in total. The van der Waals surface area contributed by atoms with Crippen LogP contribution in [-0.4, -0.2) is 42.4 Å². The van der Waals surface area contributed by atoms with E-state index in [1.807, 2.05) is 19.9 Å². The van der Waals surface area contributed by atoms with E-state index >= 15 is 0 Å². The first-order valence-electron chi connectivity index (χ1n) is 14.5. The Morgan fingerprint density at radius 2 is 1.58 bits per heavy atom. The highest BCUT2D eigenvalue weighted by atomic mass is 32.1. The zero-order valence-corrected chi connectivity index (χ0v) is 24.8. The van der Waals surface area contributed by atoms with E-state index in [0.29, 0.717) is 34.3 Å². The fourth-order valence-electron chi connectivity index (χ4n) is 4.65. The van der Waals surface area contributed by atoms with Crippen molar-refractivity contribution >= 4 is 34.1 Å². The summed E-state index contributed by atoms with van der Waals surface area (Å²) in [6.07, 6.45) is 9.45. The summed E-state index contributed by atoms with van der Waals surface area (Å²) in [5.74, 6) is 0.300. The number of thiophene rings is 1. The summed E-state index contributed by atoms with van der Waals surface area (Å²) in [6.45, 7) is 13.7. The number of ketones is 1. The molecule has 0 amide bonds. The largest absolute Gasteiger partial charge is 0.460 e. The molecule has 2 aromatic heterocycles. The Kier molecular flexibility index (Phi) is 12.1. The molecule has 0 aliphatic carbocycles. The number of rotatable bonds is 17. The number of nitrogens with zero attached hydrogens (tertiary/aromatic N) is 1. The number of unbranched alkanes of at least 4 members (excludes halogenated alkanes) is 3. The number of ether oxygens (including phenoxy) is 1. The summed E-state index contributed by atoms with van der Waals surface area (Å²) in [4.78, 5) is 30.9. The Hall–Kier alpha value is -2.44. The first-order chi connectivity index (χ1) is 18.4. The highest BCUT2D eigenvalue weighted by molar-refractivity contribution is 7.14. The lowest BCUT2D eigenvalue weighted by molar-refractivity contribution is 0.0378. The summed E-state index contributed by atoms with van der Waals surface area (Å²) in [6, 6.07) is 9.29. The molecule has 2 heterocycles. The minimum Gasteiger partial charge on any atom is -0.460 e. The third kappa shape index (κ3) is 8.28. The maximum absolute atomic E-state index is 13.8. The maximum Gasteiger partial charge on any atom is 0.338 e. The van der Waals surface area contributed by atoms with E-state index in [0.717, 1.165) is 37.1 Å². The molecule has 0 atom stereocenters. The lowest BCUT2D eigenvalue weighted by atomic mass is 10.0. The molecular formula is C32H45NO4S.